The Morgan fingerprint density at radius 1 is 1.00 bits per heavy atom. The van der Waals surface area contributed by atoms with E-state index in [-0.39, 0.29) is 11.0 Å². The smallest absolute Gasteiger partial charge is 0.259 e. The molecule has 0 atom stereocenters. The number of fused-ring (bicyclic) bond motifs is 1. The number of hydrogen-bond acceptors (Lipinski definition) is 2. The van der Waals surface area contributed by atoms with E-state index in [0.29, 0.717) is 5.39 Å². The van der Waals surface area contributed by atoms with Gasteiger partial charge in [-0.25, -0.2) is 0 Å². The molecule has 2 heterocycles. The van der Waals surface area contributed by atoms with Crippen LogP contribution in [0.5, 0.6) is 0 Å². The Bertz CT molecular complexity index is 884. The molecule has 0 unspecified atom stereocenters. The SMILES string of the molecule is Cn1cc(-c2ccc(C(C)(C)C)cc2)c2ccncc2c1=O. The second-order valence-electron chi connectivity index (χ2n) is 6.71. The van der Waals surface area contributed by atoms with Crippen LogP contribution in [-0.2, 0) is 12.5 Å². The summed E-state index contributed by atoms with van der Waals surface area (Å²) in [5.74, 6) is 0. The molecule has 3 heteroatoms. The van der Waals surface area contributed by atoms with Crippen LogP contribution in [0.2, 0.25) is 0 Å². The Balaban J connectivity index is 2.23. The Labute approximate surface area is 130 Å². The lowest BCUT2D eigenvalue weighted by Gasteiger charge is -2.19. The van der Waals surface area contributed by atoms with Crippen LogP contribution >= 0.6 is 0 Å². The molecule has 0 fully saturated rings. The lowest BCUT2D eigenvalue weighted by Crippen LogP contribution is -2.16. The summed E-state index contributed by atoms with van der Waals surface area (Å²) in [4.78, 5) is 16.3. The summed E-state index contributed by atoms with van der Waals surface area (Å²) < 4.78 is 1.62. The Morgan fingerprint density at radius 3 is 2.32 bits per heavy atom. The molecule has 112 valence electrons. The molecular formula is C19H20N2O. The van der Waals surface area contributed by atoms with Crippen molar-refractivity contribution in [3.05, 3.63) is 64.8 Å². The van der Waals surface area contributed by atoms with E-state index in [1.165, 1.54) is 5.56 Å². The second kappa shape index (κ2) is 5.09. The summed E-state index contributed by atoms with van der Waals surface area (Å²) in [5.41, 5.74) is 3.58. The van der Waals surface area contributed by atoms with Crippen molar-refractivity contribution in [3.8, 4) is 11.1 Å². The van der Waals surface area contributed by atoms with Gasteiger partial charge >= 0.3 is 0 Å². The minimum atomic E-state index is -0.0156. The van der Waals surface area contributed by atoms with Gasteiger partial charge in [-0.05, 0) is 28.0 Å². The van der Waals surface area contributed by atoms with Crippen molar-refractivity contribution in [2.24, 2.45) is 7.05 Å². The van der Waals surface area contributed by atoms with Crippen LogP contribution in [0.1, 0.15) is 26.3 Å². The summed E-state index contributed by atoms with van der Waals surface area (Å²) in [7, 11) is 1.78. The third kappa shape index (κ3) is 2.43. The molecule has 22 heavy (non-hydrogen) atoms. The van der Waals surface area contributed by atoms with Gasteiger partial charge in [0.1, 0.15) is 0 Å². The minimum Gasteiger partial charge on any atom is -0.317 e. The van der Waals surface area contributed by atoms with Gasteiger partial charge in [-0.2, -0.15) is 0 Å². The van der Waals surface area contributed by atoms with E-state index >= 15 is 0 Å². The average molecular weight is 292 g/mol. The van der Waals surface area contributed by atoms with Crippen LogP contribution in [-0.4, -0.2) is 9.55 Å². The van der Waals surface area contributed by atoms with Crippen molar-refractivity contribution < 1.29 is 0 Å². The lowest BCUT2D eigenvalue weighted by molar-refractivity contribution is 0.590. The van der Waals surface area contributed by atoms with Gasteiger partial charge in [-0.15, -0.1) is 0 Å². The van der Waals surface area contributed by atoms with Crippen molar-refractivity contribution in [1.29, 1.82) is 0 Å². The molecule has 0 aliphatic heterocycles. The van der Waals surface area contributed by atoms with Crippen LogP contribution in [0.3, 0.4) is 0 Å². The second-order valence-corrected chi connectivity index (χ2v) is 6.71. The fourth-order valence-corrected chi connectivity index (χ4v) is 2.69. The predicted octanol–water partition coefficient (Wildman–Crippen LogP) is 3.90. The maximum atomic E-state index is 12.2. The van der Waals surface area contributed by atoms with Crippen molar-refractivity contribution in [2.45, 2.75) is 26.2 Å². The van der Waals surface area contributed by atoms with Crippen molar-refractivity contribution in [1.82, 2.24) is 9.55 Å². The Morgan fingerprint density at radius 2 is 1.68 bits per heavy atom. The number of rotatable bonds is 1. The minimum absolute atomic E-state index is 0.0156. The summed E-state index contributed by atoms with van der Waals surface area (Å²) >= 11 is 0. The number of hydrogen-bond donors (Lipinski definition) is 0. The zero-order valence-corrected chi connectivity index (χ0v) is 13.4. The van der Waals surface area contributed by atoms with Gasteiger partial charge < -0.3 is 4.57 Å². The predicted molar refractivity (Wildman–Crippen MR) is 91.1 cm³/mol. The Kier molecular flexibility index (Phi) is 3.36. The molecule has 0 spiro atoms. The largest absolute Gasteiger partial charge is 0.317 e. The van der Waals surface area contributed by atoms with Gasteiger partial charge in [0.05, 0.1) is 5.39 Å². The Hall–Kier alpha value is -2.42. The zero-order chi connectivity index (χ0) is 15.9. The molecule has 0 aliphatic rings. The van der Waals surface area contributed by atoms with Gasteiger partial charge in [0.25, 0.3) is 5.56 Å². The monoisotopic (exact) mass is 292 g/mol. The molecule has 0 saturated carbocycles. The van der Waals surface area contributed by atoms with Gasteiger partial charge in [0, 0.05) is 31.2 Å². The zero-order valence-electron chi connectivity index (χ0n) is 13.4. The molecule has 0 amide bonds. The first-order valence-electron chi connectivity index (χ1n) is 7.42. The van der Waals surface area contributed by atoms with Crippen LogP contribution in [0.25, 0.3) is 21.9 Å². The fraction of sp³-hybridized carbons (Fsp3) is 0.263. The highest BCUT2D eigenvalue weighted by Crippen LogP contribution is 2.29. The highest BCUT2D eigenvalue weighted by Gasteiger charge is 2.14. The average Bonchev–Trinajstić information content (AvgIpc) is 2.50. The summed E-state index contributed by atoms with van der Waals surface area (Å²) in [5, 5.41) is 1.60. The molecule has 2 aromatic heterocycles. The summed E-state index contributed by atoms with van der Waals surface area (Å²) in [6.07, 6.45) is 5.27. The maximum absolute atomic E-state index is 12.2. The van der Waals surface area contributed by atoms with Gasteiger partial charge in [-0.1, -0.05) is 45.0 Å². The molecule has 1 aromatic carbocycles. The topological polar surface area (TPSA) is 34.9 Å². The molecule has 3 nitrogen and oxygen atoms in total. The van der Waals surface area contributed by atoms with Gasteiger partial charge in [0.2, 0.25) is 0 Å². The first-order valence-corrected chi connectivity index (χ1v) is 7.42. The quantitative estimate of drug-likeness (QED) is 0.682. The standard InChI is InChI=1S/C19H20N2O/c1-19(2,3)14-7-5-13(6-8-14)17-12-21(4)18(22)16-11-20-10-9-15(16)17/h5-12H,1-4H3. The van der Waals surface area contributed by atoms with E-state index in [1.807, 2.05) is 12.3 Å². The normalized spacial score (nSPS) is 11.8. The highest BCUT2D eigenvalue weighted by molar-refractivity contribution is 5.95. The van der Waals surface area contributed by atoms with Gasteiger partial charge in [0.15, 0.2) is 0 Å². The van der Waals surface area contributed by atoms with E-state index in [1.54, 1.807) is 24.0 Å². The van der Waals surface area contributed by atoms with Crippen molar-refractivity contribution in [3.63, 3.8) is 0 Å². The molecule has 3 rings (SSSR count). The van der Waals surface area contributed by atoms with Crippen LogP contribution < -0.4 is 5.56 Å². The first-order chi connectivity index (χ1) is 10.4. The third-order valence-corrected chi connectivity index (χ3v) is 4.05. The number of aryl methyl sites for hydroxylation is 1. The van der Waals surface area contributed by atoms with E-state index in [4.69, 9.17) is 0 Å². The van der Waals surface area contributed by atoms with Crippen LogP contribution in [0, 0.1) is 0 Å². The third-order valence-electron chi connectivity index (χ3n) is 4.05. The maximum Gasteiger partial charge on any atom is 0.259 e. The molecule has 3 aromatic rings. The molecule has 0 bridgehead atoms. The number of pyridine rings is 2. The van der Waals surface area contributed by atoms with Gasteiger partial charge in [-0.3, -0.25) is 9.78 Å². The van der Waals surface area contributed by atoms with Crippen LogP contribution in [0.4, 0.5) is 0 Å². The van der Waals surface area contributed by atoms with Crippen molar-refractivity contribution in [2.75, 3.05) is 0 Å². The van der Waals surface area contributed by atoms with Crippen LogP contribution in [0.15, 0.2) is 53.7 Å². The van der Waals surface area contributed by atoms with E-state index in [0.717, 1.165) is 16.5 Å². The highest BCUT2D eigenvalue weighted by atomic mass is 16.1. The molecule has 0 radical (unpaired) electrons. The molecule has 0 aliphatic carbocycles. The molecule has 0 N–H and O–H groups in total. The van der Waals surface area contributed by atoms with Crippen molar-refractivity contribution >= 4 is 10.8 Å². The van der Waals surface area contributed by atoms with E-state index < -0.39 is 0 Å². The molecular weight excluding hydrogens is 272 g/mol. The number of nitrogens with zero attached hydrogens (tertiary/aromatic N) is 2. The number of benzene rings is 1. The van der Waals surface area contributed by atoms with E-state index in [9.17, 15) is 4.79 Å². The van der Waals surface area contributed by atoms with E-state index in [2.05, 4.69) is 50.0 Å². The summed E-state index contributed by atoms with van der Waals surface area (Å²) in [6.45, 7) is 6.61. The number of aromatic nitrogens is 2. The lowest BCUT2D eigenvalue weighted by atomic mass is 9.86. The fourth-order valence-electron chi connectivity index (χ4n) is 2.69. The first kappa shape index (κ1) is 14.5. The molecule has 0 saturated heterocycles. The summed E-state index contributed by atoms with van der Waals surface area (Å²) in [6, 6.07) is 10.5.